The smallest absolute Gasteiger partial charge is 0.232 e. The highest BCUT2D eigenvalue weighted by Crippen LogP contribution is 2.36. The molecule has 0 aliphatic rings. The lowest BCUT2D eigenvalue weighted by Crippen LogP contribution is -2.23. The number of carbonyl (C=O) groups excluding carboxylic acids is 1. The molecule has 0 unspecified atom stereocenters. The van der Waals surface area contributed by atoms with Crippen LogP contribution in [-0.4, -0.2) is 25.3 Å². The zero-order valence-electron chi connectivity index (χ0n) is 21.5. The molecule has 0 bridgehead atoms. The van der Waals surface area contributed by atoms with Crippen LogP contribution < -0.4 is 10.2 Å². The topological polar surface area (TPSA) is 89.9 Å². The minimum Gasteiger partial charge on any atom is -0.435 e. The van der Waals surface area contributed by atoms with Gasteiger partial charge in [-0.15, -0.1) is 0 Å². The van der Waals surface area contributed by atoms with E-state index in [-0.39, 0.29) is 23.6 Å². The minimum atomic E-state index is -0.663. The number of aromatic amines is 1. The third-order valence-electron chi connectivity index (χ3n) is 7.02. The molecule has 3 aromatic heterocycles. The van der Waals surface area contributed by atoms with Crippen molar-refractivity contribution >= 4 is 39.3 Å². The Kier molecular flexibility index (Phi) is 6.40. The summed E-state index contributed by atoms with van der Waals surface area (Å²) in [6.07, 6.45) is 2.99. The van der Waals surface area contributed by atoms with E-state index in [0.29, 0.717) is 38.2 Å². The number of aromatic nitrogens is 4. The third kappa shape index (κ3) is 4.42. The summed E-state index contributed by atoms with van der Waals surface area (Å²) < 4.78 is 22.9. The van der Waals surface area contributed by atoms with Crippen molar-refractivity contribution in [3.63, 3.8) is 0 Å². The Morgan fingerprint density at radius 2 is 1.88 bits per heavy atom. The number of benzene rings is 3. The van der Waals surface area contributed by atoms with Crippen LogP contribution >= 0.6 is 11.6 Å². The maximum atomic E-state index is 15.2. The highest BCUT2D eigenvalue weighted by Gasteiger charge is 2.21. The average molecular weight is 553 g/mol. The van der Waals surface area contributed by atoms with Crippen LogP contribution in [0.2, 0.25) is 5.02 Å². The standard InChI is InChI=1S/C31H22ClFN4O3/c1-17-27(29(39)21-14-20(32)9-10-24(21)37(17)2)25(38)13-18-8-11-26(23(33)12-18)40-31-28-22(19-6-4-3-5-7-19)15-34-30(28)35-16-36-31/h3-12,14-16H,13H2,1-2H3,(H,34,35,36). The number of nitrogens with zero attached hydrogens (tertiary/aromatic N) is 3. The van der Waals surface area contributed by atoms with Gasteiger partial charge in [0.2, 0.25) is 11.3 Å². The van der Waals surface area contributed by atoms with Crippen LogP contribution in [0.1, 0.15) is 21.6 Å². The lowest BCUT2D eigenvalue weighted by Gasteiger charge is -2.14. The number of rotatable bonds is 6. The second-order valence-corrected chi connectivity index (χ2v) is 9.88. The van der Waals surface area contributed by atoms with Crippen LogP contribution in [0.4, 0.5) is 4.39 Å². The zero-order valence-corrected chi connectivity index (χ0v) is 22.3. The molecule has 7 nitrogen and oxygen atoms in total. The Labute approximate surface area is 232 Å². The van der Waals surface area contributed by atoms with Crippen LogP contribution in [0.3, 0.4) is 0 Å². The molecule has 0 radical (unpaired) electrons. The van der Waals surface area contributed by atoms with Crippen LogP contribution in [0, 0.1) is 12.7 Å². The summed E-state index contributed by atoms with van der Waals surface area (Å²) in [7, 11) is 1.78. The van der Waals surface area contributed by atoms with Gasteiger partial charge >= 0.3 is 0 Å². The van der Waals surface area contributed by atoms with Crippen LogP contribution in [0.5, 0.6) is 11.6 Å². The number of aryl methyl sites for hydroxylation is 1. The van der Waals surface area contributed by atoms with E-state index >= 15 is 4.39 Å². The SMILES string of the molecule is Cc1c(C(=O)Cc2ccc(Oc3ncnc4[nH]cc(-c5ccccc5)c34)c(F)c2)c(=O)c2cc(Cl)ccc2n1C. The van der Waals surface area contributed by atoms with Crippen LogP contribution in [0.15, 0.2) is 84.0 Å². The summed E-state index contributed by atoms with van der Waals surface area (Å²) in [6.45, 7) is 1.72. The second-order valence-electron chi connectivity index (χ2n) is 9.45. The number of pyridine rings is 1. The summed E-state index contributed by atoms with van der Waals surface area (Å²) in [5.74, 6) is -0.931. The molecule has 6 rings (SSSR count). The van der Waals surface area contributed by atoms with E-state index in [0.717, 1.165) is 11.1 Å². The number of nitrogens with one attached hydrogen (secondary N) is 1. The molecule has 0 atom stereocenters. The first-order valence-electron chi connectivity index (χ1n) is 12.5. The fourth-order valence-electron chi connectivity index (χ4n) is 4.93. The predicted octanol–water partition coefficient (Wildman–Crippen LogP) is 6.80. The molecule has 0 amide bonds. The number of hydrogen-bond donors (Lipinski definition) is 1. The number of carbonyl (C=O) groups is 1. The fourth-order valence-corrected chi connectivity index (χ4v) is 5.10. The van der Waals surface area contributed by atoms with Gasteiger partial charge in [-0.2, -0.15) is 0 Å². The Balaban J connectivity index is 1.30. The van der Waals surface area contributed by atoms with Crippen molar-refractivity contribution in [3.05, 3.63) is 117 Å². The van der Waals surface area contributed by atoms with E-state index < -0.39 is 17.0 Å². The lowest BCUT2D eigenvalue weighted by atomic mass is 9.99. The quantitative estimate of drug-likeness (QED) is 0.230. The normalized spacial score (nSPS) is 11.3. The van der Waals surface area contributed by atoms with Crippen molar-refractivity contribution in [1.82, 2.24) is 19.5 Å². The first-order valence-corrected chi connectivity index (χ1v) is 12.9. The molecule has 6 aromatic rings. The summed E-state index contributed by atoms with van der Waals surface area (Å²) >= 11 is 6.10. The largest absolute Gasteiger partial charge is 0.435 e. The van der Waals surface area contributed by atoms with E-state index in [9.17, 15) is 9.59 Å². The maximum absolute atomic E-state index is 15.2. The third-order valence-corrected chi connectivity index (χ3v) is 7.26. The maximum Gasteiger partial charge on any atom is 0.232 e. The van der Waals surface area contributed by atoms with Crippen molar-refractivity contribution in [3.8, 4) is 22.8 Å². The van der Waals surface area contributed by atoms with Crippen molar-refractivity contribution < 1.29 is 13.9 Å². The Hall–Kier alpha value is -4.82. The number of ether oxygens (including phenoxy) is 1. The van der Waals surface area contributed by atoms with Gasteiger partial charge in [-0.3, -0.25) is 9.59 Å². The molecule has 9 heteroatoms. The number of H-pyrrole nitrogens is 1. The number of halogens is 2. The number of fused-ring (bicyclic) bond motifs is 2. The number of ketones is 1. The molecule has 3 heterocycles. The predicted molar refractivity (Wildman–Crippen MR) is 153 cm³/mol. The van der Waals surface area contributed by atoms with Crippen molar-refractivity contribution in [2.75, 3.05) is 0 Å². The van der Waals surface area contributed by atoms with Gasteiger partial charge in [-0.05, 0) is 48.4 Å². The molecule has 3 aromatic carbocycles. The van der Waals surface area contributed by atoms with Crippen LogP contribution in [0.25, 0.3) is 33.1 Å². The van der Waals surface area contributed by atoms with Gasteiger partial charge in [0.1, 0.15) is 12.0 Å². The zero-order chi connectivity index (χ0) is 28.0. The summed E-state index contributed by atoms with van der Waals surface area (Å²) in [6, 6.07) is 18.9. The molecule has 0 aliphatic heterocycles. The molecule has 0 aliphatic carbocycles. The Morgan fingerprint density at radius 1 is 1.07 bits per heavy atom. The monoisotopic (exact) mass is 552 g/mol. The van der Waals surface area contributed by atoms with Gasteiger partial charge in [0, 0.05) is 41.3 Å². The van der Waals surface area contributed by atoms with E-state index in [2.05, 4.69) is 15.0 Å². The lowest BCUT2D eigenvalue weighted by molar-refractivity contribution is 0.0990. The van der Waals surface area contributed by atoms with E-state index in [4.69, 9.17) is 16.3 Å². The fraction of sp³-hybridized carbons (Fsp3) is 0.0968. The molecule has 0 spiro atoms. The number of Topliss-reactive ketones (excluding diaryl/α,β-unsaturated/α-hetero) is 1. The first kappa shape index (κ1) is 25.5. The van der Waals surface area contributed by atoms with Gasteiger partial charge in [-0.25, -0.2) is 14.4 Å². The minimum absolute atomic E-state index is 0.0520. The summed E-state index contributed by atoms with van der Waals surface area (Å²) in [5.41, 5.74) is 3.57. The summed E-state index contributed by atoms with van der Waals surface area (Å²) in [4.78, 5) is 38.1. The van der Waals surface area contributed by atoms with Crippen molar-refractivity contribution in [1.29, 1.82) is 0 Å². The van der Waals surface area contributed by atoms with Crippen LogP contribution in [-0.2, 0) is 13.5 Å². The summed E-state index contributed by atoms with van der Waals surface area (Å²) in [5, 5.41) is 1.38. The van der Waals surface area contributed by atoms with E-state index in [1.165, 1.54) is 18.5 Å². The molecule has 0 saturated heterocycles. The average Bonchev–Trinajstić information content (AvgIpc) is 3.39. The van der Waals surface area contributed by atoms with Gasteiger partial charge < -0.3 is 14.3 Å². The molecular formula is C31H22ClFN4O3. The molecule has 0 fully saturated rings. The molecule has 40 heavy (non-hydrogen) atoms. The van der Waals surface area contributed by atoms with E-state index in [1.54, 1.807) is 49.0 Å². The van der Waals surface area contributed by atoms with Gasteiger partial charge in [0.05, 0.1) is 16.5 Å². The van der Waals surface area contributed by atoms with Gasteiger partial charge in [0.15, 0.2) is 17.3 Å². The molecule has 1 N–H and O–H groups in total. The molecule has 198 valence electrons. The Bertz CT molecular complexity index is 2000. The van der Waals surface area contributed by atoms with Crippen molar-refractivity contribution in [2.45, 2.75) is 13.3 Å². The number of hydrogen-bond acceptors (Lipinski definition) is 5. The van der Waals surface area contributed by atoms with Gasteiger partial charge in [-0.1, -0.05) is 48.0 Å². The van der Waals surface area contributed by atoms with Gasteiger partial charge in [0.25, 0.3) is 0 Å². The van der Waals surface area contributed by atoms with Crippen molar-refractivity contribution in [2.24, 2.45) is 7.05 Å². The molecule has 0 saturated carbocycles. The first-order chi connectivity index (χ1) is 19.3. The van der Waals surface area contributed by atoms with E-state index in [1.807, 2.05) is 30.3 Å². The molecular weight excluding hydrogens is 531 g/mol. The Morgan fingerprint density at radius 3 is 2.65 bits per heavy atom. The second kappa shape index (κ2) is 10.1. The highest BCUT2D eigenvalue weighted by atomic mass is 35.5. The highest BCUT2D eigenvalue weighted by molar-refractivity contribution is 6.31.